The molecular formula is C21H21N5O3S2. The number of carbonyl (C=O) groups excluding carboxylic acids is 1. The average molecular weight is 456 g/mol. The van der Waals surface area contributed by atoms with E-state index in [1.165, 1.54) is 23.1 Å². The minimum absolute atomic E-state index is 0.0576. The van der Waals surface area contributed by atoms with Crippen LogP contribution in [0.25, 0.3) is 22.2 Å². The van der Waals surface area contributed by atoms with Gasteiger partial charge in [-0.05, 0) is 36.9 Å². The van der Waals surface area contributed by atoms with E-state index in [0.717, 1.165) is 22.4 Å². The first-order chi connectivity index (χ1) is 15.1. The number of aryl methyl sites for hydroxylation is 1. The smallest absolute Gasteiger partial charge is 0.277 e. The van der Waals surface area contributed by atoms with Crippen LogP contribution < -0.4 is 0 Å². The Labute approximate surface area is 187 Å². The Morgan fingerprint density at radius 2 is 1.87 bits per heavy atom. The molecule has 3 aromatic heterocycles. The Morgan fingerprint density at radius 3 is 2.61 bits per heavy atom. The number of hydrogen-bond acceptors (Lipinski definition) is 9. The lowest BCUT2D eigenvalue weighted by Crippen LogP contribution is -2.32. The molecule has 4 rings (SSSR count). The summed E-state index contributed by atoms with van der Waals surface area (Å²) in [6, 6.07) is 11.7. The van der Waals surface area contributed by atoms with Gasteiger partial charge in [-0.25, -0.2) is 0 Å². The Hall–Kier alpha value is -2.98. The first-order valence-electron chi connectivity index (χ1n) is 9.79. The predicted molar refractivity (Wildman–Crippen MR) is 119 cm³/mol. The second kappa shape index (κ2) is 9.88. The third-order valence-corrected chi connectivity index (χ3v) is 6.06. The molecular weight excluding hydrogens is 434 g/mol. The highest BCUT2D eigenvalue weighted by Gasteiger charge is 2.19. The van der Waals surface area contributed by atoms with Crippen molar-refractivity contribution in [1.29, 1.82) is 0 Å². The van der Waals surface area contributed by atoms with Gasteiger partial charge in [0.05, 0.1) is 17.2 Å². The number of thiophene rings is 1. The second-order valence-corrected chi connectivity index (χ2v) is 8.70. The van der Waals surface area contributed by atoms with Gasteiger partial charge in [-0.3, -0.25) is 4.79 Å². The van der Waals surface area contributed by atoms with Crippen LogP contribution in [-0.2, 0) is 11.3 Å². The molecule has 1 amide bonds. The largest absolute Gasteiger partial charge is 0.418 e. The highest BCUT2D eigenvalue weighted by molar-refractivity contribution is 7.99. The second-order valence-electron chi connectivity index (χ2n) is 6.82. The van der Waals surface area contributed by atoms with Gasteiger partial charge in [-0.1, -0.05) is 42.4 Å². The van der Waals surface area contributed by atoms with E-state index >= 15 is 0 Å². The van der Waals surface area contributed by atoms with Crippen LogP contribution in [0.5, 0.6) is 0 Å². The molecule has 160 valence electrons. The molecule has 0 aliphatic carbocycles. The number of amides is 1. The summed E-state index contributed by atoms with van der Waals surface area (Å²) in [5.74, 6) is 1.44. The molecule has 0 spiro atoms. The summed E-state index contributed by atoms with van der Waals surface area (Å²) in [5.41, 5.74) is 2.00. The zero-order valence-corrected chi connectivity index (χ0v) is 18.8. The highest BCUT2D eigenvalue weighted by atomic mass is 32.2. The summed E-state index contributed by atoms with van der Waals surface area (Å²) in [5, 5.41) is 18.6. The fourth-order valence-electron chi connectivity index (χ4n) is 2.84. The number of benzene rings is 1. The molecule has 4 aromatic rings. The average Bonchev–Trinajstić information content (AvgIpc) is 3.53. The molecule has 0 bridgehead atoms. The molecule has 8 nitrogen and oxygen atoms in total. The van der Waals surface area contributed by atoms with Gasteiger partial charge in [-0.15, -0.1) is 31.7 Å². The van der Waals surface area contributed by atoms with Crippen molar-refractivity contribution in [2.24, 2.45) is 0 Å². The van der Waals surface area contributed by atoms with Crippen LogP contribution in [0.1, 0.15) is 24.8 Å². The van der Waals surface area contributed by atoms with Crippen molar-refractivity contribution >= 4 is 29.0 Å². The lowest BCUT2D eigenvalue weighted by atomic mass is 10.1. The number of thioether (sulfide) groups is 1. The Bertz CT molecular complexity index is 1120. The fraction of sp³-hybridized carbons (Fsp3) is 0.286. The molecule has 0 aliphatic rings. The zero-order valence-electron chi connectivity index (χ0n) is 17.1. The number of hydrogen-bond donors (Lipinski definition) is 0. The molecule has 1 aromatic carbocycles. The van der Waals surface area contributed by atoms with Crippen molar-refractivity contribution in [3.05, 3.63) is 53.2 Å². The number of rotatable bonds is 9. The van der Waals surface area contributed by atoms with Gasteiger partial charge in [0, 0.05) is 12.1 Å². The maximum absolute atomic E-state index is 12.8. The van der Waals surface area contributed by atoms with Crippen LogP contribution in [0.4, 0.5) is 0 Å². The standard InChI is InChI=1S/C21H21N5O3S2/c1-3-10-26(12-17-22-24-20(28-17)16-5-4-11-30-16)18(27)13-31-21-25-23-19(29-21)15-8-6-14(2)7-9-15/h4-9,11H,3,10,12-13H2,1-2H3. The lowest BCUT2D eigenvalue weighted by molar-refractivity contribution is -0.129. The van der Waals surface area contributed by atoms with Crippen molar-refractivity contribution in [2.45, 2.75) is 32.0 Å². The van der Waals surface area contributed by atoms with Crippen molar-refractivity contribution in [3.63, 3.8) is 0 Å². The van der Waals surface area contributed by atoms with E-state index in [1.54, 1.807) is 4.90 Å². The zero-order chi connectivity index (χ0) is 21.6. The van der Waals surface area contributed by atoms with Gasteiger partial charge < -0.3 is 13.7 Å². The van der Waals surface area contributed by atoms with Crippen molar-refractivity contribution in [1.82, 2.24) is 25.3 Å². The molecule has 31 heavy (non-hydrogen) atoms. The molecule has 0 aliphatic heterocycles. The topological polar surface area (TPSA) is 98.2 Å². The van der Waals surface area contributed by atoms with E-state index in [0.29, 0.717) is 29.4 Å². The fourth-order valence-corrected chi connectivity index (χ4v) is 4.15. The number of nitrogens with zero attached hydrogens (tertiary/aromatic N) is 5. The van der Waals surface area contributed by atoms with Gasteiger partial charge in [0.25, 0.3) is 11.1 Å². The summed E-state index contributed by atoms with van der Waals surface area (Å²) in [6.45, 7) is 4.90. The van der Waals surface area contributed by atoms with Crippen LogP contribution in [0.3, 0.4) is 0 Å². The van der Waals surface area contributed by atoms with E-state index in [9.17, 15) is 4.79 Å². The summed E-state index contributed by atoms with van der Waals surface area (Å²) < 4.78 is 11.4. The highest BCUT2D eigenvalue weighted by Crippen LogP contribution is 2.25. The molecule has 0 N–H and O–H groups in total. The van der Waals surface area contributed by atoms with E-state index < -0.39 is 0 Å². The van der Waals surface area contributed by atoms with Gasteiger partial charge in [0.1, 0.15) is 0 Å². The molecule has 0 radical (unpaired) electrons. The monoisotopic (exact) mass is 455 g/mol. The normalized spacial score (nSPS) is 11.0. The third-order valence-electron chi connectivity index (χ3n) is 4.40. The van der Waals surface area contributed by atoms with Gasteiger partial charge in [0.15, 0.2) is 0 Å². The van der Waals surface area contributed by atoms with E-state index in [-0.39, 0.29) is 18.2 Å². The Morgan fingerprint density at radius 1 is 1.06 bits per heavy atom. The first-order valence-corrected chi connectivity index (χ1v) is 11.7. The van der Waals surface area contributed by atoms with Gasteiger partial charge >= 0.3 is 0 Å². The minimum atomic E-state index is -0.0576. The summed E-state index contributed by atoms with van der Waals surface area (Å²) in [7, 11) is 0. The van der Waals surface area contributed by atoms with E-state index in [4.69, 9.17) is 8.83 Å². The third kappa shape index (κ3) is 5.39. The summed E-state index contributed by atoms with van der Waals surface area (Å²) >= 11 is 2.75. The minimum Gasteiger partial charge on any atom is -0.418 e. The molecule has 0 saturated carbocycles. The van der Waals surface area contributed by atoms with Crippen LogP contribution in [0, 0.1) is 6.92 Å². The number of carbonyl (C=O) groups is 1. The Balaban J connectivity index is 1.36. The first kappa shape index (κ1) is 21.3. The summed E-state index contributed by atoms with van der Waals surface area (Å²) in [6.07, 6.45) is 0.820. The lowest BCUT2D eigenvalue weighted by Gasteiger charge is -2.19. The molecule has 3 heterocycles. The Kier molecular flexibility index (Phi) is 6.78. The van der Waals surface area contributed by atoms with Gasteiger partial charge in [-0.2, -0.15) is 0 Å². The van der Waals surface area contributed by atoms with E-state index in [2.05, 4.69) is 20.4 Å². The van der Waals surface area contributed by atoms with Crippen LogP contribution in [0.15, 0.2) is 55.8 Å². The predicted octanol–water partition coefficient (Wildman–Crippen LogP) is 4.69. The molecule has 0 atom stereocenters. The molecule has 0 fully saturated rings. The SMILES string of the molecule is CCCN(Cc1nnc(-c2cccs2)o1)C(=O)CSc1nnc(-c2ccc(C)cc2)o1. The quantitative estimate of drug-likeness (QED) is 0.335. The molecule has 0 unspecified atom stereocenters. The number of aromatic nitrogens is 4. The van der Waals surface area contributed by atoms with Gasteiger partial charge in [0.2, 0.25) is 17.7 Å². The molecule has 10 heteroatoms. The van der Waals surface area contributed by atoms with Crippen molar-refractivity contribution in [3.8, 4) is 22.2 Å². The van der Waals surface area contributed by atoms with Crippen LogP contribution in [0.2, 0.25) is 0 Å². The van der Waals surface area contributed by atoms with Crippen LogP contribution >= 0.6 is 23.1 Å². The van der Waals surface area contributed by atoms with Crippen molar-refractivity contribution < 1.29 is 13.6 Å². The van der Waals surface area contributed by atoms with Crippen molar-refractivity contribution in [2.75, 3.05) is 12.3 Å². The molecule has 0 saturated heterocycles. The summed E-state index contributed by atoms with van der Waals surface area (Å²) in [4.78, 5) is 15.4. The maximum atomic E-state index is 12.8. The van der Waals surface area contributed by atoms with E-state index in [1.807, 2.05) is 55.6 Å². The van der Waals surface area contributed by atoms with Crippen LogP contribution in [-0.4, -0.2) is 43.5 Å². The maximum Gasteiger partial charge on any atom is 0.277 e.